The van der Waals surface area contributed by atoms with Gasteiger partial charge in [0, 0.05) is 74.9 Å². The number of amides is 1. The van der Waals surface area contributed by atoms with Crippen molar-refractivity contribution in [1.29, 1.82) is 0 Å². The maximum absolute atomic E-state index is 13.1. The van der Waals surface area contributed by atoms with Crippen molar-refractivity contribution in [2.45, 2.75) is 6.42 Å². The molecule has 172 valence electrons. The van der Waals surface area contributed by atoms with Crippen LogP contribution in [-0.4, -0.2) is 64.4 Å². The molecule has 11 heteroatoms. The third kappa shape index (κ3) is 6.08. The molecule has 0 saturated carbocycles. The Labute approximate surface area is 194 Å². The Bertz CT molecular complexity index is 1100. The number of aromatic nitrogens is 2. The largest absolute Gasteiger partial charge is 0.351 e. The monoisotopic (exact) mass is 470 g/mol. The lowest BCUT2D eigenvalue weighted by atomic mass is 10.1. The van der Waals surface area contributed by atoms with Crippen LogP contribution in [0.4, 0.5) is 15.2 Å². The molecule has 4 rings (SSSR count). The number of carbonyl (C=O) groups excluding carboxylic acids is 1. The van der Waals surface area contributed by atoms with Crippen LogP contribution in [0.15, 0.2) is 48.5 Å². The molecule has 0 aliphatic carbocycles. The zero-order valence-corrected chi connectivity index (χ0v) is 18.6. The Morgan fingerprint density at radius 1 is 1.09 bits per heavy atom. The van der Waals surface area contributed by atoms with Gasteiger partial charge in [-0.05, 0) is 29.8 Å². The summed E-state index contributed by atoms with van der Waals surface area (Å²) in [4.78, 5) is 31.5. The summed E-state index contributed by atoms with van der Waals surface area (Å²) in [6.45, 7) is 4.55. The number of halogens is 1. The predicted octanol–water partition coefficient (Wildman–Crippen LogP) is 2.73. The molecule has 2 heterocycles. The third-order valence-electron chi connectivity index (χ3n) is 5.43. The summed E-state index contributed by atoms with van der Waals surface area (Å²) in [5.41, 5.74) is 1.34. The van der Waals surface area contributed by atoms with E-state index in [1.807, 2.05) is 0 Å². The van der Waals surface area contributed by atoms with Crippen molar-refractivity contribution in [3.63, 3.8) is 0 Å². The summed E-state index contributed by atoms with van der Waals surface area (Å²) in [5, 5.41) is 14.5. The average Bonchev–Trinajstić information content (AvgIpc) is 3.29. The maximum Gasteiger partial charge on any atom is 0.269 e. The molecule has 1 aliphatic heterocycles. The van der Waals surface area contributed by atoms with Crippen LogP contribution in [0.5, 0.6) is 0 Å². The minimum absolute atomic E-state index is 0.0394. The Kier molecular flexibility index (Phi) is 7.20. The van der Waals surface area contributed by atoms with Crippen LogP contribution in [0.3, 0.4) is 0 Å². The van der Waals surface area contributed by atoms with Gasteiger partial charge in [0.05, 0.1) is 4.92 Å². The van der Waals surface area contributed by atoms with Crippen molar-refractivity contribution in [3.05, 3.63) is 81.4 Å². The fraction of sp³-hybridized carbons (Fsp3) is 0.318. The molecule has 2 aromatic carbocycles. The number of nitrogens with one attached hydrogen (secondary N) is 1. The van der Waals surface area contributed by atoms with Crippen LogP contribution in [-0.2, 0) is 6.42 Å². The number of hydrogen-bond donors (Lipinski definition) is 1. The molecule has 9 nitrogen and oxygen atoms in total. The molecule has 1 saturated heterocycles. The number of anilines is 1. The van der Waals surface area contributed by atoms with Gasteiger partial charge >= 0.3 is 0 Å². The van der Waals surface area contributed by atoms with Crippen molar-refractivity contribution < 1.29 is 14.1 Å². The van der Waals surface area contributed by atoms with E-state index in [0.717, 1.165) is 49.2 Å². The van der Waals surface area contributed by atoms with Crippen molar-refractivity contribution in [2.24, 2.45) is 0 Å². The molecule has 0 bridgehead atoms. The number of piperazine rings is 1. The summed E-state index contributed by atoms with van der Waals surface area (Å²) in [6.07, 6.45) is 0.575. The summed E-state index contributed by atoms with van der Waals surface area (Å²) in [5.74, 6) is 0.235. The topological polar surface area (TPSA) is 104 Å². The van der Waals surface area contributed by atoms with Crippen LogP contribution < -0.4 is 10.2 Å². The molecule has 1 fully saturated rings. The van der Waals surface area contributed by atoms with E-state index in [2.05, 4.69) is 24.5 Å². The Balaban J connectivity index is 1.19. The van der Waals surface area contributed by atoms with E-state index < -0.39 is 4.92 Å². The third-order valence-corrected chi connectivity index (χ3v) is 6.24. The van der Waals surface area contributed by atoms with E-state index in [0.29, 0.717) is 18.5 Å². The molecular weight excluding hydrogens is 447 g/mol. The highest BCUT2D eigenvalue weighted by Gasteiger charge is 2.20. The maximum atomic E-state index is 13.1. The van der Waals surface area contributed by atoms with Crippen LogP contribution >= 0.6 is 11.5 Å². The molecule has 0 spiro atoms. The number of nitro benzene ring substituents is 1. The van der Waals surface area contributed by atoms with E-state index in [4.69, 9.17) is 0 Å². The van der Waals surface area contributed by atoms with Crippen LogP contribution in [0.1, 0.15) is 21.7 Å². The minimum atomic E-state index is -0.491. The molecule has 0 atom stereocenters. The second-order valence-electron chi connectivity index (χ2n) is 7.68. The second-order valence-corrected chi connectivity index (χ2v) is 8.42. The van der Waals surface area contributed by atoms with E-state index in [1.165, 1.54) is 47.9 Å². The highest BCUT2D eigenvalue weighted by molar-refractivity contribution is 7.09. The SMILES string of the molecule is O=C(NCCN1CCN(c2nc(Cc3ccc(F)cc3)ns2)CC1)c1ccc([N+](=O)[O-])cc1. The first kappa shape index (κ1) is 22.7. The molecule has 33 heavy (non-hydrogen) atoms. The lowest BCUT2D eigenvalue weighted by Crippen LogP contribution is -2.48. The Morgan fingerprint density at radius 2 is 1.79 bits per heavy atom. The average molecular weight is 471 g/mol. The fourth-order valence-corrected chi connectivity index (χ4v) is 4.29. The molecule has 0 radical (unpaired) electrons. The van der Waals surface area contributed by atoms with Gasteiger partial charge in [-0.15, -0.1) is 0 Å². The van der Waals surface area contributed by atoms with Gasteiger partial charge in [0.25, 0.3) is 11.6 Å². The number of rotatable bonds is 8. The van der Waals surface area contributed by atoms with Crippen molar-refractivity contribution in [1.82, 2.24) is 19.6 Å². The molecule has 3 aromatic rings. The van der Waals surface area contributed by atoms with E-state index in [1.54, 1.807) is 12.1 Å². The van der Waals surface area contributed by atoms with Crippen molar-refractivity contribution in [2.75, 3.05) is 44.2 Å². The summed E-state index contributed by atoms with van der Waals surface area (Å²) in [6, 6.07) is 11.9. The number of non-ortho nitro benzene ring substituents is 1. The van der Waals surface area contributed by atoms with Crippen LogP contribution in [0.25, 0.3) is 0 Å². The smallest absolute Gasteiger partial charge is 0.269 e. The summed E-state index contributed by atoms with van der Waals surface area (Å²) < 4.78 is 17.5. The highest BCUT2D eigenvalue weighted by atomic mass is 32.1. The van der Waals surface area contributed by atoms with Gasteiger partial charge in [-0.3, -0.25) is 19.8 Å². The zero-order valence-electron chi connectivity index (χ0n) is 17.8. The lowest BCUT2D eigenvalue weighted by molar-refractivity contribution is -0.384. The first-order valence-electron chi connectivity index (χ1n) is 10.5. The minimum Gasteiger partial charge on any atom is -0.351 e. The highest BCUT2D eigenvalue weighted by Crippen LogP contribution is 2.20. The molecular formula is C22H23FN6O3S. The molecule has 1 N–H and O–H groups in total. The number of hydrogen-bond acceptors (Lipinski definition) is 8. The zero-order chi connectivity index (χ0) is 23.2. The molecule has 1 amide bonds. The quantitative estimate of drug-likeness (QED) is 0.399. The van der Waals surface area contributed by atoms with Crippen LogP contribution in [0.2, 0.25) is 0 Å². The molecule has 1 aliphatic rings. The second kappa shape index (κ2) is 10.5. The van der Waals surface area contributed by atoms with Gasteiger partial charge in [0.1, 0.15) is 11.6 Å². The van der Waals surface area contributed by atoms with Crippen molar-refractivity contribution >= 4 is 28.3 Å². The number of nitrogens with zero attached hydrogens (tertiary/aromatic N) is 5. The van der Waals surface area contributed by atoms with E-state index >= 15 is 0 Å². The van der Waals surface area contributed by atoms with Crippen LogP contribution in [0, 0.1) is 15.9 Å². The first-order chi connectivity index (χ1) is 16.0. The van der Waals surface area contributed by atoms with Gasteiger partial charge in [-0.2, -0.15) is 4.37 Å². The van der Waals surface area contributed by atoms with Gasteiger partial charge in [0.15, 0.2) is 0 Å². The number of nitro groups is 1. The molecule has 1 aromatic heterocycles. The van der Waals surface area contributed by atoms with Crippen molar-refractivity contribution in [3.8, 4) is 0 Å². The number of benzene rings is 2. The van der Waals surface area contributed by atoms with Gasteiger partial charge < -0.3 is 10.2 Å². The number of carbonyl (C=O) groups is 1. The Hall–Kier alpha value is -3.44. The Morgan fingerprint density at radius 3 is 2.45 bits per heavy atom. The summed E-state index contributed by atoms with van der Waals surface area (Å²) >= 11 is 1.37. The first-order valence-corrected chi connectivity index (χ1v) is 11.3. The van der Waals surface area contributed by atoms with Gasteiger partial charge in [-0.25, -0.2) is 9.37 Å². The van der Waals surface area contributed by atoms with Gasteiger partial charge in [0.2, 0.25) is 5.13 Å². The summed E-state index contributed by atoms with van der Waals surface area (Å²) in [7, 11) is 0. The molecule has 0 unspecified atom stereocenters. The predicted molar refractivity (Wildman–Crippen MR) is 123 cm³/mol. The van der Waals surface area contributed by atoms with Gasteiger partial charge in [-0.1, -0.05) is 12.1 Å². The standard InChI is InChI=1S/C22H23FN6O3S/c23-18-5-1-16(2-6-18)15-20-25-22(33-26-20)28-13-11-27(12-14-28)10-9-24-21(30)17-3-7-19(8-4-17)29(31)32/h1-8H,9-15H2,(H,24,30). The van der Waals surface area contributed by atoms with E-state index in [9.17, 15) is 19.3 Å². The van der Waals surface area contributed by atoms with E-state index in [-0.39, 0.29) is 17.4 Å². The lowest BCUT2D eigenvalue weighted by Gasteiger charge is -2.34. The fourth-order valence-electron chi connectivity index (χ4n) is 3.56. The normalized spacial score (nSPS) is 14.3.